The number of rotatable bonds is 3. The molecule has 3 rings (SSSR count). The van der Waals surface area contributed by atoms with Crippen LogP contribution < -0.4 is 5.32 Å². The fourth-order valence-corrected chi connectivity index (χ4v) is 4.10. The van der Waals surface area contributed by atoms with Crippen molar-refractivity contribution in [3.8, 4) is 10.6 Å². The number of benzene rings is 1. The zero-order valence-electron chi connectivity index (χ0n) is 13.3. The first kappa shape index (κ1) is 16.5. The van der Waals surface area contributed by atoms with Crippen LogP contribution in [0.2, 0.25) is 5.02 Å². The summed E-state index contributed by atoms with van der Waals surface area (Å²) in [5.41, 5.74) is 1.79. The Labute approximate surface area is 146 Å². The third kappa shape index (κ3) is 4.12. The monoisotopic (exact) mass is 348 g/mol. The van der Waals surface area contributed by atoms with E-state index in [0.717, 1.165) is 34.0 Å². The molecule has 0 bridgehead atoms. The maximum Gasteiger partial charge on any atom is 0.263 e. The summed E-state index contributed by atoms with van der Waals surface area (Å²) in [4.78, 5) is 17.9. The quantitative estimate of drug-likeness (QED) is 0.772. The van der Waals surface area contributed by atoms with E-state index >= 15 is 0 Å². The van der Waals surface area contributed by atoms with Gasteiger partial charge in [-0.2, -0.15) is 0 Å². The highest BCUT2D eigenvalue weighted by atomic mass is 35.5. The van der Waals surface area contributed by atoms with Gasteiger partial charge in [-0.25, -0.2) is 4.98 Å². The van der Waals surface area contributed by atoms with Crippen molar-refractivity contribution in [3.63, 3.8) is 0 Å². The van der Waals surface area contributed by atoms with Gasteiger partial charge in [-0.15, -0.1) is 11.3 Å². The molecule has 23 heavy (non-hydrogen) atoms. The molecular formula is C18H21ClN2OS. The van der Waals surface area contributed by atoms with E-state index in [2.05, 4.69) is 10.3 Å². The number of nitrogens with zero attached hydrogens (tertiary/aromatic N) is 1. The molecule has 0 spiro atoms. The maximum absolute atomic E-state index is 12.6. The molecule has 1 heterocycles. The molecule has 1 saturated carbocycles. The molecule has 1 aliphatic carbocycles. The lowest BCUT2D eigenvalue weighted by atomic mass is 10.1. The molecule has 0 aliphatic heterocycles. The Balaban J connectivity index is 1.74. The third-order valence-electron chi connectivity index (χ3n) is 4.28. The molecule has 0 saturated heterocycles. The van der Waals surface area contributed by atoms with Gasteiger partial charge >= 0.3 is 0 Å². The van der Waals surface area contributed by atoms with Crippen molar-refractivity contribution in [1.29, 1.82) is 0 Å². The summed E-state index contributed by atoms with van der Waals surface area (Å²) in [6.07, 6.45) is 7.17. The number of amides is 1. The molecule has 1 amide bonds. The number of carbonyl (C=O) groups excluding carboxylic acids is 1. The number of aromatic nitrogens is 1. The molecular weight excluding hydrogens is 328 g/mol. The summed E-state index contributed by atoms with van der Waals surface area (Å²) in [5, 5.41) is 4.77. The molecule has 0 unspecified atom stereocenters. The average molecular weight is 349 g/mol. The predicted molar refractivity (Wildman–Crippen MR) is 96.3 cm³/mol. The van der Waals surface area contributed by atoms with Gasteiger partial charge in [-0.3, -0.25) is 4.79 Å². The molecule has 1 fully saturated rings. The Hall–Kier alpha value is -1.39. The van der Waals surface area contributed by atoms with Crippen LogP contribution in [0, 0.1) is 6.92 Å². The lowest BCUT2D eigenvalue weighted by Gasteiger charge is -2.15. The summed E-state index contributed by atoms with van der Waals surface area (Å²) in [6.45, 7) is 1.90. The number of hydrogen-bond donors (Lipinski definition) is 1. The molecule has 0 atom stereocenters. The van der Waals surface area contributed by atoms with E-state index in [0.29, 0.717) is 11.1 Å². The summed E-state index contributed by atoms with van der Waals surface area (Å²) >= 11 is 7.38. The summed E-state index contributed by atoms with van der Waals surface area (Å²) in [5.74, 6) is 0.0205. The van der Waals surface area contributed by atoms with E-state index in [-0.39, 0.29) is 5.91 Å². The Kier molecular flexibility index (Phi) is 5.34. The summed E-state index contributed by atoms with van der Waals surface area (Å²) in [6, 6.07) is 7.88. The first-order chi connectivity index (χ1) is 11.1. The molecule has 122 valence electrons. The van der Waals surface area contributed by atoms with Crippen LogP contribution in [0.3, 0.4) is 0 Å². The SMILES string of the molecule is Cc1nc(-c2ccc(Cl)cc2)sc1C(=O)NC1CCCCCC1. The van der Waals surface area contributed by atoms with Crippen LogP contribution in [-0.2, 0) is 0 Å². The van der Waals surface area contributed by atoms with Gasteiger partial charge in [-0.05, 0) is 31.9 Å². The Morgan fingerprint density at radius 1 is 1.17 bits per heavy atom. The number of halogens is 1. The van der Waals surface area contributed by atoms with Crippen molar-refractivity contribution in [3.05, 3.63) is 39.9 Å². The lowest BCUT2D eigenvalue weighted by molar-refractivity contribution is 0.0936. The molecule has 1 N–H and O–H groups in total. The Morgan fingerprint density at radius 3 is 2.48 bits per heavy atom. The van der Waals surface area contributed by atoms with Crippen molar-refractivity contribution >= 4 is 28.8 Å². The molecule has 5 heteroatoms. The zero-order chi connectivity index (χ0) is 16.2. The standard InChI is InChI=1S/C18H21ClN2OS/c1-12-16(17(22)21-15-6-4-2-3-5-7-15)23-18(20-12)13-8-10-14(19)11-9-13/h8-11,15H,2-7H2,1H3,(H,21,22). The molecule has 3 nitrogen and oxygen atoms in total. The number of hydrogen-bond acceptors (Lipinski definition) is 3. The van der Waals surface area contributed by atoms with E-state index in [1.807, 2.05) is 31.2 Å². The number of thiazole rings is 1. The fourth-order valence-electron chi connectivity index (χ4n) is 3.00. The van der Waals surface area contributed by atoms with Gasteiger partial charge in [0.2, 0.25) is 0 Å². The van der Waals surface area contributed by atoms with Crippen molar-refractivity contribution < 1.29 is 4.79 Å². The van der Waals surface area contributed by atoms with Crippen molar-refractivity contribution in [1.82, 2.24) is 10.3 Å². The average Bonchev–Trinajstić information content (AvgIpc) is 2.75. The Bertz CT molecular complexity index is 673. The van der Waals surface area contributed by atoms with Crippen molar-refractivity contribution in [2.24, 2.45) is 0 Å². The summed E-state index contributed by atoms with van der Waals surface area (Å²) < 4.78 is 0. The van der Waals surface area contributed by atoms with E-state index in [9.17, 15) is 4.79 Å². The minimum atomic E-state index is 0.0205. The number of carbonyl (C=O) groups is 1. The van der Waals surface area contributed by atoms with Gasteiger partial charge in [0.05, 0.1) is 5.69 Å². The predicted octanol–water partition coefficient (Wildman–Crippen LogP) is 5.22. The number of nitrogens with one attached hydrogen (secondary N) is 1. The smallest absolute Gasteiger partial charge is 0.263 e. The van der Waals surface area contributed by atoms with Gasteiger partial charge in [0.25, 0.3) is 5.91 Å². The van der Waals surface area contributed by atoms with Crippen LogP contribution in [0.4, 0.5) is 0 Å². The second-order valence-electron chi connectivity index (χ2n) is 6.10. The first-order valence-electron chi connectivity index (χ1n) is 8.18. The van der Waals surface area contributed by atoms with Crippen LogP contribution in [0.25, 0.3) is 10.6 Å². The van der Waals surface area contributed by atoms with E-state index in [1.165, 1.54) is 37.0 Å². The fraction of sp³-hybridized carbons (Fsp3) is 0.444. The van der Waals surface area contributed by atoms with Crippen LogP contribution in [-0.4, -0.2) is 16.9 Å². The van der Waals surface area contributed by atoms with Crippen LogP contribution in [0.1, 0.15) is 53.9 Å². The second-order valence-corrected chi connectivity index (χ2v) is 7.54. The molecule has 1 aliphatic rings. The maximum atomic E-state index is 12.6. The minimum Gasteiger partial charge on any atom is -0.349 e. The lowest BCUT2D eigenvalue weighted by Crippen LogP contribution is -2.34. The molecule has 1 aromatic heterocycles. The highest BCUT2D eigenvalue weighted by Gasteiger charge is 2.20. The van der Waals surface area contributed by atoms with Crippen LogP contribution in [0.15, 0.2) is 24.3 Å². The van der Waals surface area contributed by atoms with Gasteiger partial charge < -0.3 is 5.32 Å². The first-order valence-corrected chi connectivity index (χ1v) is 9.37. The Morgan fingerprint density at radius 2 is 1.83 bits per heavy atom. The van der Waals surface area contributed by atoms with E-state index < -0.39 is 0 Å². The van der Waals surface area contributed by atoms with Gasteiger partial charge in [0.15, 0.2) is 0 Å². The second kappa shape index (κ2) is 7.45. The molecule has 0 radical (unpaired) electrons. The highest BCUT2D eigenvalue weighted by Crippen LogP contribution is 2.29. The largest absolute Gasteiger partial charge is 0.349 e. The van der Waals surface area contributed by atoms with Crippen LogP contribution >= 0.6 is 22.9 Å². The van der Waals surface area contributed by atoms with Crippen LogP contribution in [0.5, 0.6) is 0 Å². The molecule has 1 aromatic carbocycles. The minimum absolute atomic E-state index is 0.0205. The van der Waals surface area contributed by atoms with E-state index in [1.54, 1.807) is 0 Å². The topological polar surface area (TPSA) is 42.0 Å². The number of aryl methyl sites for hydroxylation is 1. The van der Waals surface area contributed by atoms with E-state index in [4.69, 9.17) is 11.6 Å². The molecule has 2 aromatic rings. The zero-order valence-corrected chi connectivity index (χ0v) is 14.8. The van der Waals surface area contributed by atoms with Gasteiger partial charge in [0.1, 0.15) is 9.88 Å². The van der Waals surface area contributed by atoms with Crippen molar-refractivity contribution in [2.75, 3.05) is 0 Å². The van der Waals surface area contributed by atoms with Gasteiger partial charge in [-0.1, -0.05) is 49.4 Å². The third-order valence-corrected chi connectivity index (χ3v) is 5.74. The highest BCUT2D eigenvalue weighted by molar-refractivity contribution is 7.17. The normalized spacial score (nSPS) is 16.1. The summed E-state index contributed by atoms with van der Waals surface area (Å²) in [7, 11) is 0. The van der Waals surface area contributed by atoms with Gasteiger partial charge in [0, 0.05) is 16.6 Å². The van der Waals surface area contributed by atoms with Crippen molar-refractivity contribution in [2.45, 2.75) is 51.5 Å².